The quantitative estimate of drug-likeness (QED) is 0.198. The molecule has 2 aromatic rings. The molecular formula is C18H16ClN5O5S3. The summed E-state index contributed by atoms with van der Waals surface area (Å²) in [5, 5.41) is 24.6. The number of thioether (sulfide) groups is 1. The van der Waals surface area contributed by atoms with Crippen LogP contribution in [0.3, 0.4) is 0 Å². The molecule has 1 saturated heterocycles. The average molecular weight is 514 g/mol. The molecule has 32 heavy (non-hydrogen) atoms. The lowest BCUT2D eigenvalue weighted by Gasteiger charge is -2.50. The molecule has 1 fully saturated rings. The average Bonchev–Trinajstić information content (AvgIpc) is 3.30. The van der Waals surface area contributed by atoms with Gasteiger partial charge in [-0.15, -0.1) is 11.3 Å². The van der Waals surface area contributed by atoms with Gasteiger partial charge in [0.05, 0.1) is 10.3 Å². The topological polar surface area (TPSA) is 158 Å². The third-order valence-electron chi connectivity index (χ3n) is 4.96. The summed E-state index contributed by atoms with van der Waals surface area (Å²) < 4.78 is 1.00. The van der Waals surface area contributed by atoms with Crippen LogP contribution in [0.15, 0.2) is 32.1 Å². The lowest BCUT2D eigenvalue weighted by Crippen LogP contribution is -2.72. The summed E-state index contributed by atoms with van der Waals surface area (Å²) in [4.78, 5) is 44.2. The number of nitrogen functional groups attached to an aromatic ring is 1. The standard InChI is InChI=1S/C18H16ClN5O5S3/c1-6-2-5-9(30-6)31-8-4-3-7-10(16(26)24(7)13(8)17(27)28)21-15(25)12(23-29)11-14(19)32-18(20)22-11/h2,5,7,10,29H,3-4H2,1H3,(H2,20,22)(H,21,25)(H,27,28)/b23-12-/t7-,10+/m1/s1. The molecule has 2 aliphatic heterocycles. The minimum Gasteiger partial charge on any atom is -0.477 e. The van der Waals surface area contributed by atoms with Crippen molar-refractivity contribution in [3.63, 3.8) is 0 Å². The third-order valence-corrected chi connectivity index (χ3v) is 8.32. The molecule has 2 aromatic heterocycles. The Morgan fingerprint density at radius 1 is 1.41 bits per heavy atom. The number of fused-ring (bicyclic) bond motifs is 1. The van der Waals surface area contributed by atoms with Crippen molar-refractivity contribution in [3.05, 3.63) is 37.6 Å². The van der Waals surface area contributed by atoms with Gasteiger partial charge in [0.2, 0.25) is 0 Å². The van der Waals surface area contributed by atoms with Gasteiger partial charge in [0.1, 0.15) is 21.8 Å². The van der Waals surface area contributed by atoms with Gasteiger partial charge in [-0.1, -0.05) is 39.9 Å². The van der Waals surface area contributed by atoms with Gasteiger partial charge in [-0.3, -0.25) is 14.5 Å². The highest BCUT2D eigenvalue weighted by Gasteiger charge is 2.54. The lowest BCUT2D eigenvalue weighted by molar-refractivity contribution is -0.155. The molecule has 4 rings (SSSR count). The van der Waals surface area contributed by atoms with Gasteiger partial charge in [-0.25, -0.2) is 9.78 Å². The van der Waals surface area contributed by atoms with Gasteiger partial charge in [0.15, 0.2) is 10.8 Å². The van der Waals surface area contributed by atoms with Crippen LogP contribution in [0.1, 0.15) is 23.4 Å². The Balaban J connectivity index is 1.53. The number of aromatic nitrogens is 1. The second-order valence-electron chi connectivity index (χ2n) is 6.93. The molecule has 4 heterocycles. The monoisotopic (exact) mass is 513 g/mol. The van der Waals surface area contributed by atoms with E-state index in [2.05, 4.69) is 15.5 Å². The van der Waals surface area contributed by atoms with Crippen molar-refractivity contribution >= 4 is 74.7 Å². The van der Waals surface area contributed by atoms with E-state index >= 15 is 0 Å². The number of β-lactam (4-membered cyclic amide) rings is 1. The summed E-state index contributed by atoms with van der Waals surface area (Å²) in [6.45, 7) is 1.96. The van der Waals surface area contributed by atoms with Gasteiger partial charge < -0.3 is 21.4 Å². The predicted molar refractivity (Wildman–Crippen MR) is 121 cm³/mol. The number of carboxylic acid groups (broad SMARTS) is 1. The minimum absolute atomic E-state index is 0.0613. The van der Waals surface area contributed by atoms with E-state index in [9.17, 15) is 24.7 Å². The van der Waals surface area contributed by atoms with Crippen molar-refractivity contribution < 1.29 is 24.7 Å². The SMILES string of the molecule is Cc1ccc(SC2=C(C(=O)O)N3C(=O)[C@@H](NC(=O)/C(=N\O)c4nc(N)sc4Cl)[C@H]3CC2)s1. The largest absolute Gasteiger partial charge is 0.477 e. The number of carbonyl (C=O) groups is 3. The number of rotatable bonds is 6. The number of hydrogen-bond donors (Lipinski definition) is 4. The molecule has 0 aromatic carbocycles. The van der Waals surface area contributed by atoms with E-state index in [1.165, 1.54) is 16.7 Å². The molecule has 0 bridgehead atoms. The number of oxime groups is 1. The third kappa shape index (κ3) is 3.96. The summed E-state index contributed by atoms with van der Waals surface area (Å²) in [7, 11) is 0. The van der Waals surface area contributed by atoms with Crippen molar-refractivity contribution in [1.29, 1.82) is 0 Å². The highest BCUT2D eigenvalue weighted by molar-refractivity contribution is 8.04. The lowest BCUT2D eigenvalue weighted by atomic mass is 9.86. The first kappa shape index (κ1) is 22.6. The van der Waals surface area contributed by atoms with Crippen LogP contribution in [0.4, 0.5) is 5.13 Å². The van der Waals surface area contributed by atoms with E-state index in [1.807, 2.05) is 19.1 Å². The Morgan fingerprint density at radius 2 is 2.16 bits per heavy atom. The van der Waals surface area contributed by atoms with Crippen molar-refractivity contribution in [2.24, 2.45) is 5.16 Å². The van der Waals surface area contributed by atoms with Crippen LogP contribution in [0, 0.1) is 6.92 Å². The van der Waals surface area contributed by atoms with Crippen LogP contribution in [-0.2, 0) is 14.4 Å². The first-order valence-corrected chi connectivity index (χ1v) is 12.0. The van der Waals surface area contributed by atoms with Crippen LogP contribution in [0.5, 0.6) is 0 Å². The fraction of sp³-hybridized carbons (Fsp3) is 0.278. The molecule has 2 amide bonds. The van der Waals surface area contributed by atoms with Crippen molar-refractivity contribution in [3.8, 4) is 0 Å². The first-order chi connectivity index (χ1) is 15.2. The van der Waals surface area contributed by atoms with E-state index in [4.69, 9.17) is 17.3 Å². The van der Waals surface area contributed by atoms with Crippen LogP contribution < -0.4 is 11.1 Å². The Labute approximate surface area is 198 Å². The van der Waals surface area contributed by atoms with E-state index in [-0.39, 0.29) is 20.9 Å². The number of aliphatic carboxylic acids is 1. The Hall–Kier alpha value is -2.61. The fourth-order valence-electron chi connectivity index (χ4n) is 3.59. The van der Waals surface area contributed by atoms with Crippen LogP contribution in [0.2, 0.25) is 4.34 Å². The molecule has 0 saturated carbocycles. The second-order valence-corrected chi connectivity index (χ2v) is 11.2. The number of nitrogens with two attached hydrogens (primary N) is 1. The number of thiazole rings is 1. The number of nitrogens with one attached hydrogen (secondary N) is 1. The number of hydrogen-bond acceptors (Lipinski definition) is 10. The van der Waals surface area contributed by atoms with E-state index in [1.54, 1.807) is 11.3 Å². The van der Waals surface area contributed by atoms with E-state index < -0.39 is 35.6 Å². The molecule has 2 aliphatic rings. The zero-order valence-electron chi connectivity index (χ0n) is 16.4. The second kappa shape index (κ2) is 8.73. The summed E-state index contributed by atoms with van der Waals surface area (Å²) in [5.74, 6) is -2.62. The van der Waals surface area contributed by atoms with E-state index in [0.717, 1.165) is 20.4 Å². The molecule has 0 spiro atoms. The van der Waals surface area contributed by atoms with Gasteiger partial charge >= 0.3 is 5.97 Å². The van der Waals surface area contributed by atoms with Gasteiger partial charge in [-0.05, 0) is 31.9 Å². The maximum absolute atomic E-state index is 12.8. The zero-order chi connectivity index (χ0) is 23.2. The number of aryl methyl sites for hydroxylation is 1. The Bertz CT molecular complexity index is 1190. The first-order valence-electron chi connectivity index (χ1n) is 9.20. The van der Waals surface area contributed by atoms with Gasteiger partial charge in [0, 0.05) is 9.78 Å². The van der Waals surface area contributed by atoms with Crippen molar-refractivity contribution in [1.82, 2.24) is 15.2 Å². The molecule has 14 heteroatoms. The van der Waals surface area contributed by atoms with Crippen LogP contribution >= 0.6 is 46.0 Å². The summed E-state index contributed by atoms with van der Waals surface area (Å²) >= 11 is 9.77. The molecule has 168 valence electrons. The zero-order valence-corrected chi connectivity index (χ0v) is 19.6. The molecule has 0 aliphatic carbocycles. The van der Waals surface area contributed by atoms with E-state index in [0.29, 0.717) is 17.7 Å². The number of amides is 2. The number of carbonyl (C=O) groups excluding carboxylic acids is 2. The molecule has 0 unspecified atom stereocenters. The molecule has 10 nitrogen and oxygen atoms in total. The highest BCUT2D eigenvalue weighted by atomic mass is 35.5. The maximum Gasteiger partial charge on any atom is 0.353 e. The number of thiophene rings is 1. The maximum atomic E-state index is 12.8. The highest BCUT2D eigenvalue weighted by Crippen LogP contribution is 2.44. The predicted octanol–water partition coefficient (Wildman–Crippen LogP) is 2.50. The normalized spacial score (nSPS) is 20.8. The Kier molecular flexibility index (Phi) is 6.16. The van der Waals surface area contributed by atoms with Crippen LogP contribution in [-0.4, -0.2) is 55.8 Å². The minimum atomic E-state index is -1.20. The molecular weight excluding hydrogens is 498 g/mol. The fourth-order valence-corrected chi connectivity index (χ4v) is 6.85. The number of nitrogens with zero attached hydrogens (tertiary/aromatic N) is 3. The molecule has 0 radical (unpaired) electrons. The number of allylic oxidation sites excluding steroid dienone is 1. The molecule has 2 atom stereocenters. The Morgan fingerprint density at radius 3 is 2.72 bits per heavy atom. The van der Waals surface area contributed by atoms with Gasteiger partial charge in [0.25, 0.3) is 11.8 Å². The van der Waals surface area contributed by atoms with Crippen molar-refractivity contribution in [2.75, 3.05) is 5.73 Å². The summed E-state index contributed by atoms with van der Waals surface area (Å²) in [5.41, 5.74) is 4.91. The smallest absolute Gasteiger partial charge is 0.353 e. The molecule has 5 N–H and O–H groups in total. The van der Waals surface area contributed by atoms with Gasteiger partial charge in [-0.2, -0.15) is 0 Å². The van der Waals surface area contributed by atoms with Crippen LogP contribution in [0.25, 0.3) is 0 Å². The van der Waals surface area contributed by atoms with Crippen molar-refractivity contribution in [2.45, 2.75) is 36.1 Å². The summed E-state index contributed by atoms with van der Waals surface area (Å²) in [6.07, 6.45) is 0.912. The number of halogens is 1. The summed E-state index contributed by atoms with van der Waals surface area (Å²) in [6, 6.07) is 2.38. The number of carboxylic acids is 1. The number of anilines is 1.